The highest BCUT2D eigenvalue weighted by atomic mass is 79.9. The predicted octanol–water partition coefficient (Wildman–Crippen LogP) is 2.44. The third kappa shape index (κ3) is 1.75. The summed E-state index contributed by atoms with van der Waals surface area (Å²) in [4.78, 5) is 0. The molecule has 74 valence electrons. The summed E-state index contributed by atoms with van der Waals surface area (Å²) in [6.07, 6.45) is 0.875. The third-order valence-electron chi connectivity index (χ3n) is 2.23. The molecule has 1 aliphatic rings. The maximum absolute atomic E-state index is 5.29. The Morgan fingerprint density at radius 3 is 2.93 bits per heavy atom. The molecule has 0 saturated heterocycles. The second kappa shape index (κ2) is 4.00. The number of halogens is 1. The lowest BCUT2D eigenvalue weighted by Gasteiger charge is -2.13. The number of ether oxygens (including phenoxy) is 1. The molecule has 0 amide bonds. The van der Waals surface area contributed by atoms with E-state index in [1.807, 2.05) is 18.2 Å². The smallest absolute Gasteiger partial charge is 0.124 e. The molecule has 0 spiro atoms. The van der Waals surface area contributed by atoms with Crippen LogP contribution in [0.2, 0.25) is 0 Å². The summed E-state index contributed by atoms with van der Waals surface area (Å²) in [5, 5.41) is 4.10. The maximum Gasteiger partial charge on any atom is 0.124 e. The molecule has 1 heterocycles. The van der Waals surface area contributed by atoms with Gasteiger partial charge in [-0.15, -0.1) is 0 Å². The fourth-order valence-electron chi connectivity index (χ4n) is 1.54. The first-order chi connectivity index (χ1) is 6.81. The molecule has 14 heavy (non-hydrogen) atoms. The van der Waals surface area contributed by atoms with Crippen LogP contribution in [0.3, 0.4) is 0 Å². The number of hydrogen-bond acceptors (Lipinski definition) is 3. The summed E-state index contributed by atoms with van der Waals surface area (Å²) in [5.41, 5.74) is 4.20. The van der Waals surface area contributed by atoms with E-state index in [0.29, 0.717) is 0 Å². The van der Waals surface area contributed by atoms with Gasteiger partial charge in [0.15, 0.2) is 0 Å². The molecule has 0 saturated carbocycles. The molecular weight excluding hydrogens is 244 g/mol. The Labute approximate surface area is 91.3 Å². The Morgan fingerprint density at radius 2 is 2.29 bits per heavy atom. The van der Waals surface area contributed by atoms with Crippen molar-refractivity contribution in [2.24, 2.45) is 5.10 Å². The molecule has 4 heteroatoms. The Hall–Kier alpha value is -1.03. The van der Waals surface area contributed by atoms with Crippen molar-refractivity contribution in [1.82, 2.24) is 5.43 Å². The first kappa shape index (κ1) is 9.52. The van der Waals surface area contributed by atoms with E-state index in [9.17, 15) is 0 Å². The van der Waals surface area contributed by atoms with Crippen molar-refractivity contribution in [2.75, 3.05) is 7.11 Å². The summed E-state index contributed by atoms with van der Waals surface area (Å²) < 4.78 is 6.24. The topological polar surface area (TPSA) is 33.6 Å². The number of hydrazone groups is 1. The SMILES string of the molecule is COc1ccccc1C1CC(Br)=NN1. The van der Waals surface area contributed by atoms with Crippen molar-refractivity contribution >= 4 is 20.6 Å². The van der Waals surface area contributed by atoms with Gasteiger partial charge in [-0.3, -0.25) is 0 Å². The predicted molar refractivity (Wildman–Crippen MR) is 59.8 cm³/mol. The van der Waals surface area contributed by atoms with Crippen molar-refractivity contribution in [2.45, 2.75) is 12.5 Å². The Kier molecular flexibility index (Phi) is 2.72. The molecule has 1 aliphatic heterocycles. The summed E-state index contributed by atoms with van der Waals surface area (Å²) in [6, 6.07) is 8.21. The molecule has 1 unspecified atom stereocenters. The molecule has 0 aliphatic carbocycles. The van der Waals surface area contributed by atoms with Crippen LogP contribution in [0.5, 0.6) is 5.75 Å². The van der Waals surface area contributed by atoms with Crippen LogP contribution in [0.15, 0.2) is 29.4 Å². The molecule has 1 aromatic carbocycles. The molecule has 0 fully saturated rings. The van der Waals surface area contributed by atoms with Crippen LogP contribution in [0.1, 0.15) is 18.0 Å². The number of hydrogen-bond donors (Lipinski definition) is 1. The van der Waals surface area contributed by atoms with Crippen molar-refractivity contribution in [1.29, 1.82) is 0 Å². The summed E-state index contributed by atoms with van der Waals surface area (Å²) in [6.45, 7) is 0. The standard InChI is InChI=1S/C10H11BrN2O/c1-14-9-5-3-2-4-7(9)8-6-10(11)13-12-8/h2-5,8,12H,6H2,1H3. The van der Waals surface area contributed by atoms with Crippen LogP contribution < -0.4 is 10.2 Å². The average molecular weight is 255 g/mol. The van der Waals surface area contributed by atoms with Crippen LogP contribution in [-0.4, -0.2) is 11.7 Å². The molecule has 1 atom stereocenters. The lowest BCUT2D eigenvalue weighted by atomic mass is 10.0. The van der Waals surface area contributed by atoms with Gasteiger partial charge in [-0.25, -0.2) is 0 Å². The average Bonchev–Trinajstić information content (AvgIpc) is 2.65. The Morgan fingerprint density at radius 1 is 1.50 bits per heavy atom. The van der Waals surface area contributed by atoms with Gasteiger partial charge >= 0.3 is 0 Å². The largest absolute Gasteiger partial charge is 0.496 e. The van der Waals surface area contributed by atoms with Crippen LogP contribution >= 0.6 is 15.9 Å². The van der Waals surface area contributed by atoms with Gasteiger partial charge < -0.3 is 10.2 Å². The molecule has 0 bridgehead atoms. The number of benzene rings is 1. The van der Waals surface area contributed by atoms with Crippen molar-refractivity contribution < 1.29 is 4.74 Å². The molecule has 3 nitrogen and oxygen atoms in total. The minimum atomic E-state index is 0.223. The lowest BCUT2D eigenvalue weighted by Crippen LogP contribution is -2.10. The highest BCUT2D eigenvalue weighted by molar-refractivity contribution is 9.18. The highest BCUT2D eigenvalue weighted by Crippen LogP contribution is 2.30. The lowest BCUT2D eigenvalue weighted by molar-refractivity contribution is 0.403. The monoisotopic (exact) mass is 254 g/mol. The van der Waals surface area contributed by atoms with Gasteiger partial charge in [-0.2, -0.15) is 5.10 Å². The van der Waals surface area contributed by atoms with E-state index < -0.39 is 0 Å². The number of rotatable bonds is 2. The minimum absolute atomic E-state index is 0.223. The molecule has 0 aromatic heterocycles. The fourth-order valence-corrected chi connectivity index (χ4v) is 1.97. The first-order valence-corrected chi connectivity index (χ1v) is 5.21. The van der Waals surface area contributed by atoms with Crippen LogP contribution in [0.25, 0.3) is 0 Å². The van der Waals surface area contributed by atoms with E-state index in [4.69, 9.17) is 4.74 Å². The second-order valence-corrected chi connectivity index (χ2v) is 4.03. The van der Waals surface area contributed by atoms with Crippen molar-refractivity contribution in [3.8, 4) is 5.75 Å². The first-order valence-electron chi connectivity index (χ1n) is 4.42. The zero-order chi connectivity index (χ0) is 9.97. The quantitative estimate of drug-likeness (QED) is 0.880. The molecule has 1 aromatic rings. The zero-order valence-corrected chi connectivity index (χ0v) is 9.41. The van der Waals surface area contributed by atoms with E-state index in [2.05, 4.69) is 32.5 Å². The van der Waals surface area contributed by atoms with Crippen molar-refractivity contribution in [3.63, 3.8) is 0 Å². The summed E-state index contributed by atoms with van der Waals surface area (Å²) in [7, 11) is 1.68. The van der Waals surface area contributed by atoms with E-state index >= 15 is 0 Å². The minimum Gasteiger partial charge on any atom is -0.496 e. The normalized spacial score (nSPS) is 20.1. The molecule has 2 rings (SSSR count). The van der Waals surface area contributed by atoms with Gasteiger partial charge in [0.25, 0.3) is 0 Å². The molecule has 1 N–H and O–H groups in total. The van der Waals surface area contributed by atoms with Gasteiger partial charge in [0.05, 0.1) is 13.2 Å². The Balaban J connectivity index is 2.24. The summed E-state index contributed by atoms with van der Waals surface area (Å²) in [5.74, 6) is 0.905. The number of para-hydroxylation sites is 1. The van der Waals surface area contributed by atoms with Gasteiger partial charge in [0, 0.05) is 12.0 Å². The Bertz CT molecular complexity index is 365. The highest BCUT2D eigenvalue weighted by Gasteiger charge is 2.20. The second-order valence-electron chi connectivity index (χ2n) is 3.12. The van der Waals surface area contributed by atoms with E-state index in [0.717, 1.165) is 22.4 Å². The van der Waals surface area contributed by atoms with Gasteiger partial charge in [-0.05, 0) is 22.0 Å². The zero-order valence-electron chi connectivity index (χ0n) is 7.83. The number of nitrogens with one attached hydrogen (secondary N) is 1. The van der Waals surface area contributed by atoms with Gasteiger partial charge in [0.1, 0.15) is 10.4 Å². The molecular formula is C10H11BrN2O. The van der Waals surface area contributed by atoms with E-state index in [1.165, 1.54) is 0 Å². The number of nitrogens with zero attached hydrogens (tertiary/aromatic N) is 1. The maximum atomic E-state index is 5.29. The van der Waals surface area contributed by atoms with E-state index in [-0.39, 0.29) is 6.04 Å². The van der Waals surface area contributed by atoms with Crippen LogP contribution in [-0.2, 0) is 0 Å². The fraction of sp³-hybridized carbons (Fsp3) is 0.300. The third-order valence-corrected chi connectivity index (χ3v) is 2.73. The summed E-state index contributed by atoms with van der Waals surface area (Å²) >= 11 is 3.37. The van der Waals surface area contributed by atoms with Crippen LogP contribution in [0, 0.1) is 0 Å². The number of methoxy groups -OCH3 is 1. The molecule has 0 radical (unpaired) electrons. The van der Waals surface area contributed by atoms with Gasteiger partial charge in [0.2, 0.25) is 0 Å². The van der Waals surface area contributed by atoms with Gasteiger partial charge in [-0.1, -0.05) is 18.2 Å². The van der Waals surface area contributed by atoms with Crippen LogP contribution in [0.4, 0.5) is 0 Å². The van der Waals surface area contributed by atoms with Crippen molar-refractivity contribution in [3.05, 3.63) is 29.8 Å². The van der Waals surface area contributed by atoms with E-state index in [1.54, 1.807) is 7.11 Å².